The van der Waals surface area contributed by atoms with E-state index in [1.807, 2.05) is 0 Å². The molecule has 4 N–H and O–H groups in total. The lowest BCUT2D eigenvalue weighted by molar-refractivity contribution is -0.120. The molecule has 0 spiro atoms. The van der Waals surface area contributed by atoms with Crippen LogP contribution in [0.4, 0.5) is 10.6 Å². The van der Waals surface area contributed by atoms with Gasteiger partial charge in [0.25, 0.3) is 5.91 Å². The molecule has 0 aromatic carbocycles. The summed E-state index contributed by atoms with van der Waals surface area (Å²) in [6.07, 6.45) is 1.55. The molecule has 1 fully saturated rings. The van der Waals surface area contributed by atoms with Crippen LogP contribution in [0.25, 0.3) is 11.0 Å². The van der Waals surface area contributed by atoms with Gasteiger partial charge in [0.15, 0.2) is 6.04 Å². The van der Waals surface area contributed by atoms with E-state index in [1.54, 1.807) is 18.3 Å². The zero-order valence-electron chi connectivity index (χ0n) is 8.56. The smallest absolute Gasteiger partial charge is 0.322 e. The number of nitrogens with one attached hydrogen (secondary N) is 2. The zero-order chi connectivity index (χ0) is 12.0. The third-order valence-corrected chi connectivity index (χ3v) is 2.50. The number of fused-ring (bicyclic) bond motifs is 1. The molecular weight excluding hydrogens is 224 g/mol. The van der Waals surface area contributed by atoms with Gasteiger partial charge < -0.3 is 15.5 Å². The van der Waals surface area contributed by atoms with Gasteiger partial charge in [0.05, 0.1) is 0 Å². The van der Waals surface area contributed by atoms with Crippen molar-refractivity contribution in [3.8, 4) is 0 Å². The van der Waals surface area contributed by atoms with E-state index in [0.29, 0.717) is 17.2 Å². The summed E-state index contributed by atoms with van der Waals surface area (Å²) >= 11 is 0. The Morgan fingerprint density at radius 2 is 2.18 bits per heavy atom. The van der Waals surface area contributed by atoms with E-state index in [0.717, 1.165) is 5.39 Å². The van der Waals surface area contributed by atoms with Gasteiger partial charge in [-0.2, -0.15) is 0 Å². The summed E-state index contributed by atoms with van der Waals surface area (Å²) < 4.78 is 5.46. The Balaban J connectivity index is 2.06. The number of pyridine rings is 1. The van der Waals surface area contributed by atoms with Crippen molar-refractivity contribution in [1.29, 1.82) is 0 Å². The Morgan fingerprint density at radius 1 is 1.35 bits per heavy atom. The SMILES string of the molecule is Nc1cc2oc(C3NC(=O)NC3=O)cc2cn1. The van der Waals surface area contributed by atoms with Crippen LogP contribution in [0.1, 0.15) is 11.8 Å². The van der Waals surface area contributed by atoms with Crippen molar-refractivity contribution in [3.63, 3.8) is 0 Å². The van der Waals surface area contributed by atoms with E-state index in [1.165, 1.54) is 0 Å². The molecule has 0 radical (unpaired) electrons. The van der Waals surface area contributed by atoms with Gasteiger partial charge in [0, 0.05) is 17.6 Å². The molecule has 0 aliphatic carbocycles. The fraction of sp³-hybridized carbons (Fsp3) is 0.100. The molecular formula is C10H8N4O3. The van der Waals surface area contributed by atoms with Crippen LogP contribution < -0.4 is 16.4 Å². The molecule has 7 heteroatoms. The van der Waals surface area contributed by atoms with Gasteiger partial charge in [-0.1, -0.05) is 0 Å². The zero-order valence-corrected chi connectivity index (χ0v) is 8.56. The average Bonchev–Trinajstić information content (AvgIpc) is 2.80. The first-order valence-electron chi connectivity index (χ1n) is 4.90. The van der Waals surface area contributed by atoms with E-state index >= 15 is 0 Å². The summed E-state index contributed by atoms with van der Waals surface area (Å²) in [5.74, 6) is 0.254. The van der Waals surface area contributed by atoms with Crippen LogP contribution >= 0.6 is 0 Å². The maximum Gasteiger partial charge on any atom is 0.322 e. The number of nitrogens with two attached hydrogens (primary N) is 1. The van der Waals surface area contributed by atoms with Crippen molar-refractivity contribution in [2.24, 2.45) is 0 Å². The summed E-state index contributed by atoms with van der Waals surface area (Å²) in [5.41, 5.74) is 6.04. The lowest BCUT2D eigenvalue weighted by Crippen LogP contribution is -2.22. The minimum Gasteiger partial charge on any atom is -0.458 e. The lowest BCUT2D eigenvalue weighted by Gasteiger charge is -2.00. The number of carbonyl (C=O) groups is 2. The summed E-state index contributed by atoms with van der Waals surface area (Å²) in [5, 5.41) is 5.31. The number of hydrogen-bond donors (Lipinski definition) is 3. The van der Waals surface area contributed by atoms with Gasteiger partial charge >= 0.3 is 6.03 Å². The van der Waals surface area contributed by atoms with Crippen molar-refractivity contribution in [1.82, 2.24) is 15.6 Å². The summed E-state index contributed by atoms with van der Waals surface area (Å²) in [4.78, 5) is 26.3. The van der Waals surface area contributed by atoms with E-state index in [-0.39, 0.29) is 0 Å². The number of nitrogens with zero attached hydrogens (tertiary/aromatic N) is 1. The maximum atomic E-state index is 11.4. The number of rotatable bonds is 1. The highest BCUT2D eigenvalue weighted by molar-refractivity contribution is 6.04. The number of carbonyl (C=O) groups excluding carboxylic acids is 2. The summed E-state index contributed by atoms with van der Waals surface area (Å²) in [6, 6.07) is 1.89. The predicted molar refractivity (Wildman–Crippen MR) is 57.8 cm³/mol. The van der Waals surface area contributed by atoms with Crippen molar-refractivity contribution >= 4 is 28.7 Å². The first-order chi connectivity index (χ1) is 8.13. The second-order valence-electron chi connectivity index (χ2n) is 3.69. The number of nitrogen functional groups attached to an aromatic ring is 1. The molecule has 2 aromatic heterocycles. The van der Waals surface area contributed by atoms with Gasteiger partial charge in [-0.3, -0.25) is 10.1 Å². The minimum absolute atomic E-state index is 0.332. The third kappa shape index (κ3) is 1.48. The van der Waals surface area contributed by atoms with Crippen molar-refractivity contribution in [2.75, 3.05) is 5.73 Å². The number of hydrogen-bond acceptors (Lipinski definition) is 5. The van der Waals surface area contributed by atoms with E-state index in [4.69, 9.17) is 10.2 Å². The first kappa shape index (κ1) is 9.64. The number of amides is 3. The van der Waals surface area contributed by atoms with Gasteiger partial charge in [-0.05, 0) is 6.07 Å². The van der Waals surface area contributed by atoms with E-state index in [9.17, 15) is 9.59 Å². The number of anilines is 1. The molecule has 0 bridgehead atoms. The number of urea groups is 1. The molecule has 17 heavy (non-hydrogen) atoms. The molecule has 1 aliphatic rings. The fourth-order valence-electron chi connectivity index (χ4n) is 1.73. The molecule has 2 aromatic rings. The molecule has 86 valence electrons. The van der Waals surface area contributed by atoms with E-state index < -0.39 is 18.0 Å². The molecule has 3 amide bonds. The Morgan fingerprint density at radius 3 is 2.88 bits per heavy atom. The predicted octanol–water partition coefficient (Wildman–Crippen LogP) is 0.290. The molecule has 3 rings (SSSR count). The highest BCUT2D eigenvalue weighted by atomic mass is 16.3. The molecule has 3 heterocycles. The van der Waals surface area contributed by atoms with Crippen LogP contribution in [-0.2, 0) is 4.79 Å². The molecule has 7 nitrogen and oxygen atoms in total. The summed E-state index contributed by atoms with van der Waals surface area (Å²) in [7, 11) is 0. The van der Waals surface area contributed by atoms with Crippen molar-refractivity contribution in [3.05, 3.63) is 24.1 Å². The molecule has 1 atom stereocenters. The Kier molecular flexibility index (Phi) is 1.82. The number of imide groups is 1. The largest absolute Gasteiger partial charge is 0.458 e. The van der Waals surface area contributed by atoms with Gasteiger partial charge in [0.2, 0.25) is 0 Å². The van der Waals surface area contributed by atoms with Crippen LogP contribution in [0.5, 0.6) is 0 Å². The van der Waals surface area contributed by atoms with Crippen LogP contribution in [-0.4, -0.2) is 16.9 Å². The minimum atomic E-state index is -0.795. The van der Waals surface area contributed by atoms with Crippen molar-refractivity contribution < 1.29 is 14.0 Å². The lowest BCUT2D eigenvalue weighted by atomic mass is 10.2. The first-order valence-corrected chi connectivity index (χ1v) is 4.90. The second kappa shape index (κ2) is 3.21. The highest BCUT2D eigenvalue weighted by Crippen LogP contribution is 2.25. The Bertz CT molecular complexity index is 634. The van der Waals surface area contributed by atoms with Crippen LogP contribution in [0.15, 0.2) is 22.7 Å². The van der Waals surface area contributed by atoms with Crippen LogP contribution in [0.2, 0.25) is 0 Å². The van der Waals surface area contributed by atoms with E-state index in [2.05, 4.69) is 15.6 Å². The molecule has 1 unspecified atom stereocenters. The molecule has 1 saturated heterocycles. The maximum absolute atomic E-state index is 11.4. The molecule has 1 aliphatic heterocycles. The normalized spacial score (nSPS) is 19.4. The Hall–Kier alpha value is -2.57. The van der Waals surface area contributed by atoms with Crippen molar-refractivity contribution in [2.45, 2.75) is 6.04 Å². The fourth-order valence-corrected chi connectivity index (χ4v) is 1.73. The topological polar surface area (TPSA) is 110 Å². The standard InChI is InChI=1S/C10H8N4O3/c11-7-2-5-4(3-12-7)1-6(17-5)8-9(15)14-10(16)13-8/h1-3,8H,(H2,11,12)(H2,13,14,15,16). The number of furan rings is 1. The molecule has 0 saturated carbocycles. The quantitative estimate of drug-likeness (QED) is 0.612. The summed E-state index contributed by atoms with van der Waals surface area (Å²) in [6.45, 7) is 0. The number of aromatic nitrogens is 1. The van der Waals surface area contributed by atoms with Gasteiger partial charge in [-0.15, -0.1) is 0 Å². The third-order valence-electron chi connectivity index (χ3n) is 2.50. The second-order valence-corrected chi connectivity index (χ2v) is 3.69. The van der Waals surface area contributed by atoms with Gasteiger partial charge in [0.1, 0.15) is 17.2 Å². The van der Waals surface area contributed by atoms with Crippen LogP contribution in [0, 0.1) is 0 Å². The monoisotopic (exact) mass is 232 g/mol. The van der Waals surface area contributed by atoms with Crippen LogP contribution in [0.3, 0.4) is 0 Å². The Labute approximate surface area is 95.0 Å². The van der Waals surface area contributed by atoms with Gasteiger partial charge in [-0.25, -0.2) is 9.78 Å². The highest BCUT2D eigenvalue weighted by Gasteiger charge is 2.33. The average molecular weight is 232 g/mol.